The van der Waals surface area contributed by atoms with Crippen molar-refractivity contribution in [2.45, 2.75) is 32.0 Å². The fourth-order valence-corrected chi connectivity index (χ4v) is 2.18. The monoisotopic (exact) mass is 313 g/mol. The topological polar surface area (TPSA) is 101 Å². The molecule has 0 atom stereocenters. The number of aliphatic carboxylic acids is 1. The van der Waals surface area contributed by atoms with Gasteiger partial charge in [0.2, 0.25) is 5.91 Å². The van der Waals surface area contributed by atoms with E-state index in [4.69, 9.17) is 5.11 Å². The van der Waals surface area contributed by atoms with Gasteiger partial charge in [-0.15, -0.1) is 0 Å². The van der Waals surface area contributed by atoms with E-state index in [1.807, 2.05) is 13.8 Å². The van der Waals surface area contributed by atoms with E-state index in [0.29, 0.717) is 24.2 Å². The summed E-state index contributed by atoms with van der Waals surface area (Å²) in [6.45, 7) is 4.97. The van der Waals surface area contributed by atoms with Crippen LogP contribution < -0.4 is 10.9 Å². The molecular formula is C13H19N3O4S. The van der Waals surface area contributed by atoms with Crippen LogP contribution >= 0.6 is 11.8 Å². The van der Waals surface area contributed by atoms with E-state index < -0.39 is 11.5 Å². The number of carbonyl (C=O) groups is 2. The number of thioether (sulfide) groups is 1. The maximum absolute atomic E-state index is 11.7. The van der Waals surface area contributed by atoms with Crippen molar-refractivity contribution >= 4 is 23.6 Å². The molecule has 0 saturated carbocycles. The summed E-state index contributed by atoms with van der Waals surface area (Å²) in [4.78, 5) is 37.3. The number of carboxylic acid groups (broad SMARTS) is 1. The second kappa shape index (κ2) is 8.46. The normalized spacial score (nSPS) is 10.6. The molecule has 1 aromatic rings. The number of nitrogens with one attached hydrogen (secondary N) is 1. The molecule has 1 amide bonds. The number of hydrogen-bond donors (Lipinski definition) is 2. The number of rotatable bonds is 8. The molecule has 0 unspecified atom stereocenters. The van der Waals surface area contributed by atoms with Crippen molar-refractivity contribution in [3.05, 3.63) is 22.6 Å². The number of hydrogen-bond acceptors (Lipinski definition) is 5. The Morgan fingerprint density at radius 3 is 2.81 bits per heavy atom. The highest BCUT2D eigenvalue weighted by molar-refractivity contribution is 7.99. The van der Waals surface area contributed by atoms with Crippen LogP contribution in [0.5, 0.6) is 0 Å². The Balaban J connectivity index is 2.63. The van der Waals surface area contributed by atoms with Gasteiger partial charge in [0.15, 0.2) is 5.16 Å². The highest BCUT2D eigenvalue weighted by Crippen LogP contribution is 2.13. The minimum Gasteiger partial charge on any atom is -0.481 e. The van der Waals surface area contributed by atoms with Crippen LogP contribution in [0.2, 0.25) is 0 Å². The Morgan fingerprint density at radius 1 is 1.48 bits per heavy atom. The zero-order valence-electron chi connectivity index (χ0n) is 12.0. The summed E-state index contributed by atoms with van der Waals surface area (Å²) in [7, 11) is 0. The lowest BCUT2D eigenvalue weighted by atomic mass is 10.2. The van der Waals surface area contributed by atoms with E-state index in [-0.39, 0.29) is 18.1 Å². The fraction of sp³-hybridized carbons (Fsp3) is 0.538. The zero-order chi connectivity index (χ0) is 15.8. The van der Waals surface area contributed by atoms with Crippen molar-refractivity contribution in [2.24, 2.45) is 5.92 Å². The first-order valence-corrected chi connectivity index (χ1v) is 7.56. The van der Waals surface area contributed by atoms with Crippen LogP contribution in [-0.4, -0.2) is 38.8 Å². The molecule has 2 N–H and O–H groups in total. The maximum atomic E-state index is 11.7. The number of aryl methyl sites for hydroxylation is 1. The van der Waals surface area contributed by atoms with E-state index in [1.54, 1.807) is 4.57 Å². The number of aromatic nitrogens is 2. The fourth-order valence-electron chi connectivity index (χ4n) is 1.45. The van der Waals surface area contributed by atoms with E-state index in [9.17, 15) is 14.4 Å². The first-order chi connectivity index (χ1) is 9.88. The Labute approximate surface area is 126 Å². The summed E-state index contributed by atoms with van der Waals surface area (Å²) in [5, 5.41) is 11.8. The van der Waals surface area contributed by atoms with Gasteiger partial charge >= 0.3 is 5.97 Å². The van der Waals surface area contributed by atoms with Crippen LogP contribution in [-0.2, 0) is 16.1 Å². The van der Waals surface area contributed by atoms with Gasteiger partial charge < -0.3 is 15.0 Å². The van der Waals surface area contributed by atoms with Crippen molar-refractivity contribution < 1.29 is 14.7 Å². The zero-order valence-corrected chi connectivity index (χ0v) is 12.9. The molecule has 0 aliphatic rings. The van der Waals surface area contributed by atoms with Crippen LogP contribution in [0, 0.1) is 5.92 Å². The summed E-state index contributed by atoms with van der Waals surface area (Å²) < 4.78 is 1.62. The molecule has 0 fully saturated rings. The Morgan fingerprint density at radius 2 is 2.19 bits per heavy atom. The van der Waals surface area contributed by atoms with Crippen molar-refractivity contribution in [3.8, 4) is 0 Å². The molecular weight excluding hydrogens is 294 g/mol. The van der Waals surface area contributed by atoms with Gasteiger partial charge in [0.05, 0.1) is 5.75 Å². The maximum Gasteiger partial charge on any atom is 0.313 e. The van der Waals surface area contributed by atoms with Crippen LogP contribution in [0.1, 0.15) is 20.3 Å². The summed E-state index contributed by atoms with van der Waals surface area (Å²) in [6, 6.07) is 1.29. The van der Waals surface area contributed by atoms with Gasteiger partial charge in [0, 0.05) is 31.8 Å². The lowest BCUT2D eigenvalue weighted by Crippen LogP contribution is -2.28. The Bertz CT molecular complexity index is 557. The Kier molecular flexibility index (Phi) is 6.93. The average Bonchev–Trinajstić information content (AvgIpc) is 2.41. The van der Waals surface area contributed by atoms with Crippen molar-refractivity contribution in [2.75, 3.05) is 12.3 Å². The van der Waals surface area contributed by atoms with Gasteiger partial charge in [-0.05, 0) is 5.92 Å². The lowest BCUT2D eigenvalue weighted by Gasteiger charge is -2.11. The van der Waals surface area contributed by atoms with Crippen molar-refractivity contribution in [3.63, 3.8) is 0 Å². The number of amides is 1. The summed E-state index contributed by atoms with van der Waals surface area (Å²) >= 11 is 0.960. The third-order valence-electron chi connectivity index (χ3n) is 2.46. The number of carboxylic acids is 1. The van der Waals surface area contributed by atoms with Crippen molar-refractivity contribution in [1.29, 1.82) is 0 Å². The molecule has 0 saturated heterocycles. The van der Waals surface area contributed by atoms with Crippen LogP contribution in [0.4, 0.5) is 0 Å². The second-order valence-corrected chi connectivity index (χ2v) is 5.81. The van der Waals surface area contributed by atoms with Crippen LogP contribution in [0.25, 0.3) is 0 Å². The minimum atomic E-state index is -0.987. The predicted molar refractivity (Wildman–Crippen MR) is 79.3 cm³/mol. The van der Waals surface area contributed by atoms with E-state index in [1.165, 1.54) is 12.3 Å². The quantitative estimate of drug-likeness (QED) is 0.538. The largest absolute Gasteiger partial charge is 0.481 e. The molecule has 0 spiro atoms. The molecule has 1 aromatic heterocycles. The second-order valence-electron chi connectivity index (χ2n) is 4.87. The third kappa shape index (κ3) is 6.94. The number of nitrogens with zero attached hydrogens (tertiary/aromatic N) is 2. The van der Waals surface area contributed by atoms with E-state index in [0.717, 1.165) is 11.8 Å². The molecule has 0 aliphatic heterocycles. The Hall–Kier alpha value is -1.83. The van der Waals surface area contributed by atoms with Gasteiger partial charge in [-0.1, -0.05) is 25.6 Å². The first-order valence-electron chi connectivity index (χ1n) is 6.57. The molecule has 8 heteroatoms. The lowest BCUT2D eigenvalue weighted by molar-refractivity contribution is -0.134. The van der Waals surface area contributed by atoms with Crippen molar-refractivity contribution in [1.82, 2.24) is 14.9 Å². The summed E-state index contributed by atoms with van der Waals surface area (Å²) in [5.74, 6) is -0.878. The van der Waals surface area contributed by atoms with Gasteiger partial charge in [0.1, 0.15) is 0 Å². The number of carbonyl (C=O) groups excluding carboxylic acids is 1. The highest BCUT2D eigenvalue weighted by atomic mass is 32.2. The minimum absolute atomic E-state index is 0.0865. The van der Waals surface area contributed by atoms with Crippen LogP contribution in [0.3, 0.4) is 0 Å². The molecule has 1 rings (SSSR count). The molecule has 21 heavy (non-hydrogen) atoms. The summed E-state index contributed by atoms with van der Waals surface area (Å²) in [6.07, 6.45) is 1.77. The standard InChI is InChI=1S/C13H19N3O4S/c1-9(2)7-14-10(17)3-5-16-6-4-11(18)15-13(16)21-8-12(19)20/h4,6,9H,3,5,7-8H2,1-2H3,(H,14,17)(H,19,20). The van der Waals surface area contributed by atoms with Gasteiger partial charge in [-0.2, -0.15) is 4.98 Å². The van der Waals surface area contributed by atoms with E-state index >= 15 is 0 Å². The molecule has 0 aliphatic carbocycles. The van der Waals surface area contributed by atoms with Crippen LogP contribution in [0.15, 0.2) is 22.2 Å². The molecule has 116 valence electrons. The van der Waals surface area contributed by atoms with Gasteiger partial charge in [-0.25, -0.2) is 0 Å². The smallest absolute Gasteiger partial charge is 0.313 e. The molecule has 0 aromatic carbocycles. The first kappa shape index (κ1) is 17.2. The van der Waals surface area contributed by atoms with E-state index in [2.05, 4.69) is 10.3 Å². The SMILES string of the molecule is CC(C)CNC(=O)CCn1ccc(=O)nc1SCC(=O)O. The third-order valence-corrected chi connectivity index (χ3v) is 3.44. The highest BCUT2D eigenvalue weighted by Gasteiger charge is 2.09. The molecule has 0 bridgehead atoms. The predicted octanol–water partition coefficient (Wildman–Crippen LogP) is 0.582. The van der Waals surface area contributed by atoms with Gasteiger partial charge in [-0.3, -0.25) is 14.4 Å². The molecule has 1 heterocycles. The van der Waals surface area contributed by atoms with Gasteiger partial charge in [0.25, 0.3) is 5.56 Å². The molecule has 0 radical (unpaired) electrons. The average molecular weight is 313 g/mol. The molecule has 7 nitrogen and oxygen atoms in total. The summed E-state index contributed by atoms with van der Waals surface area (Å²) in [5.41, 5.74) is -0.427.